The minimum Gasteiger partial charge on any atom is -0.481 e. The number of carbonyl (C=O) groups excluding carboxylic acids is 1. The van der Waals surface area contributed by atoms with Crippen molar-refractivity contribution < 1.29 is 23.5 Å². The molecule has 6 nitrogen and oxygen atoms in total. The zero-order chi connectivity index (χ0) is 17.8. The number of hydrogen-bond donors (Lipinski definition) is 1. The molecule has 1 aliphatic heterocycles. The Morgan fingerprint density at radius 3 is 2.80 bits per heavy atom. The van der Waals surface area contributed by atoms with Gasteiger partial charge in [-0.25, -0.2) is 9.37 Å². The van der Waals surface area contributed by atoms with Crippen LogP contribution in [-0.4, -0.2) is 40.0 Å². The molecule has 1 aromatic carbocycles. The zero-order valence-corrected chi connectivity index (χ0v) is 13.7. The van der Waals surface area contributed by atoms with E-state index in [4.69, 9.17) is 9.52 Å². The molecule has 1 aromatic heterocycles. The minimum atomic E-state index is -0.853. The van der Waals surface area contributed by atoms with Crippen molar-refractivity contribution in [3.8, 4) is 11.3 Å². The van der Waals surface area contributed by atoms with Crippen LogP contribution in [0.1, 0.15) is 25.2 Å². The standard InChI is InChI=1S/C18H19FN2O4/c19-14-5-3-12(4-6-14)15-10-20-16(25-15)7-8-17(22)21-9-1-2-13(11-21)18(23)24/h3-6,10,13H,1-2,7-9,11H2,(H,23,24). The molecule has 1 atom stereocenters. The van der Waals surface area contributed by atoms with Crippen molar-refractivity contribution in [3.05, 3.63) is 42.2 Å². The number of carboxylic acid groups (broad SMARTS) is 1. The normalized spacial score (nSPS) is 17.5. The van der Waals surface area contributed by atoms with Gasteiger partial charge in [-0.15, -0.1) is 0 Å². The van der Waals surface area contributed by atoms with Gasteiger partial charge in [-0.2, -0.15) is 0 Å². The first-order valence-electron chi connectivity index (χ1n) is 8.24. The Bertz CT molecular complexity index is 757. The van der Waals surface area contributed by atoms with Crippen LogP contribution in [0.2, 0.25) is 0 Å². The molecule has 3 rings (SSSR count). The second kappa shape index (κ2) is 7.46. The molecule has 132 valence electrons. The predicted molar refractivity (Wildman–Crippen MR) is 87.2 cm³/mol. The fraction of sp³-hybridized carbons (Fsp3) is 0.389. The molecular formula is C18H19FN2O4. The molecule has 1 saturated heterocycles. The maximum absolute atomic E-state index is 12.9. The first-order valence-corrected chi connectivity index (χ1v) is 8.24. The number of piperidine rings is 1. The van der Waals surface area contributed by atoms with Gasteiger partial charge >= 0.3 is 5.97 Å². The Morgan fingerprint density at radius 2 is 2.08 bits per heavy atom. The van der Waals surface area contributed by atoms with E-state index in [1.165, 1.54) is 12.1 Å². The molecule has 7 heteroatoms. The maximum atomic E-state index is 12.9. The summed E-state index contributed by atoms with van der Waals surface area (Å²) in [6.07, 6.45) is 3.43. The van der Waals surface area contributed by atoms with Gasteiger partial charge in [-0.05, 0) is 37.1 Å². The molecule has 0 saturated carbocycles. The average molecular weight is 346 g/mol. The molecule has 0 aliphatic carbocycles. The summed E-state index contributed by atoms with van der Waals surface area (Å²) in [6.45, 7) is 0.857. The van der Waals surface area contributed by atoms with Crippen LogP contribution in [0.4, 0.5) is 4.39 Å². The number of likely N-dealkylation sites (tertiary alicyclic amines) is 1. The van der Waals surface area contributed by atoms with Crippen molar-refractivity contribution in [2.24, 2.45) is 5.92 Å². The van der Waals surface area contributed by atoms with Gasteiger partial charge in [0.2, 0.25) is 5.91 Å². The highest BCUT2D eigenvalue weighted by atomic mass is 19.1. The summed E-state index contributed by atoms with van der Waals surface area (Å²) >= 11 is 0. The van der Waals surface area contributed by atoms with Crippen LogP contribution >= 0.6 is 0 Å². The van der Waals surface area contributed by atoms with Gasteiger partial charge in [0.05, 0.1) is 12.1 Å². The highest BCUT2D eigenvalue weighted by Crippen LogP contribution is 2.22. The van der Waals surface area contributed by atoms with Gasteiger partial charge in [-0.1, -0.05) is 0 Å². The summed E-state index contributed by atoms with van der Waals surface area (Å²) in [7, 11) is 0. The molecule has 1 aliphatic rings. The first-order chi connectivity index (χ1) is 12.0. The molecule has 1 fully saturated rings. The van der Waals surface area contributed by atoms with Crippen LogP contribution in [0.3, 0.4) is 0 Å². The maximum Gasteiger partial charge on any atom is 0.308 e. The summed E-state index contributed by atoms with van der Waals surface area (Å²) < 4.78 is 18.6. The third kappa shape index (κ3) is 4.23. The predicted octanol–water partition coefficient (Wildman–Crippen LogP) is 2.74. The first kappa shape index (κ1) is 17.1. The smallest absolute Gasteiger partial charge is 0.308 e. The molecule has 0 radical (unpaired) electrons. The lowest BCUT2D eigenvalue weighted by atomic mass is 9.98. The molecule has 1 unspecified atom stereocenters. The number of benzene rings is 1. The summed E-state index contributed by atoms with van der Waals surface area (Å²) in [5, 5.41) is 9.09. The SMILES string of the molecule is O=C(O)C1CCCN(C(=O)CCc2ncc(-c3ccc(F)cc3)o2)C1. The van der Waals surface area contributed by atoms with Crippen LogP contribution in [0.5, 0.6) is 0 Å². The van der Waals surface area contributed by atoms with Crippen molar-refractivity contribution in [3.63, 3.8) is 0 Å². The Labute approximate surface area is 144 Å². The largest absolute Gasteiger partial charge is 0.481 e. The number of carbonyl (C=O) groups is 2. The molecule has 0 spiro atoms. The number of aromatic nitrogens is 1. The second-order valence-electron chi connectivity index (χ2n) is 6.14. The van der Waals surface area contributed by atoms with Gasteiger partial charge in [0, 0.05) is 31.5 Å². The number of carboxylic acids is 1. The van der Waals surface area contributed by atoms with Crippen LogP contribution in [0.25, 0.3) is 11.3 Å². The van der Waals surface area contributed by atoms with Crippen molar-refractivity contribution in [2.75, 3.05) is 13.1 Å². The Kier molecular flexibility index (Phi) is 5.11. The molecular weight excluding hydrogens is 327 g/mol. The summed E-state index contributed by atoms with van der Waals surface area (Å²) in [6, 6.07) is 5.89. The Hall–Kier alpha value is -2.70. The number of rotatable bonds is 5. The Balaban J connectivity index is 1.56. The highest BCUT2D eigenvalue weighted by molar-refractivity contribution is 5.78. The number of aliphatic carboxylic acids is 1. The third-order valence-corrected chi connectivity index (χ3v) is 4.36. The van der Waals surface area contributed by atoms with Crippen LogP contribution in [-0.2, 0) is 16.0 Å². The van der Waals surface area contributed by atoms with E-state index in [1.807, 2.05) is 0 Å². The van der Waals surface area contributed by atoms with Crippen molar-refractivity contribution in [2.45, 2.75) is 25.7 Å². The van der Waals surface area contributed by atoms with E-state index in [1.54, 1.807) is 23.2 Å². The lowest BCUT2D eigenvalue weighted by Crippen LogP contribution is -2.42. The number of halogens is 1. The molecule has 1 amide bonds. The zero-order valence-electron chi connectivity index (χ0n) is 13.7. The number of nitrogens with zero attached hydrogens (tertiary/aromatic N) is 2. The van der Waals surface area contributed by atoms with Crippen molar-refractivity contribution >= 4 is 11.9 Å². The van der Waals surface area contributed by atoms with E-state index in [2.05, 4.69) is 4.98 Å². The molecule has 2 aromatic rings. The summed E-state index contributed by atoms with van der Waals surface area (Å²) in [5.41, 5.74) is 0.715. The highest BCUT2D eigenvalue weighted by Gasteiger charge is 2.28. The van der Waals surface area contributed by atoms with E-state index in [0.717, 1.165) is 0 Å². The molecule has 1 N–H and O–H groups in total. The average Bonchev–Trinajstić information content (AvgIpc) is 3.09. The lowest BCUT2D eigenvalue weighted by Gasteiger charge is -2.30. The summed E-state index contributed by atoms with van der Waals surface area (Å²) in [4.78, 5) is 29.1. The second-order valence-corrected chi connectivity index (χ2v) is 6.14. The van der Waals surface area contributed by atoms with E-state index in [-0.39, 0.29) is 24.7 Å². The van der Waals surface area contributed by atoms with E-state index >= 15 is 0 Å². The summed E-state index contributed by atoms with van der Waals surface area (Å²) in [5.74, 6) is -0.799. The number of hydrogen-bond acceptors (Lipinski definition) is 4. The monoisotopic (exact) mass is 346 g/mol. The molecule has 0 bridgehead atoms. The molecule has 2 heterocycles. The Morgan fingerprint density at radius 1 is 1.32 bits per heavy atom. The fourth-order valence-electron chi connectivity index (χ4n) is 2.95. The molecule has 25 heavy (non-hydrogen) atoms. The van der Waals surface area contributed by atoms with Crippen LogP contribution in [0, 0.1) is 11.7 Å². The van der Waals surface area contributed by atoms with E-state index in [0.29, 0.717) is 43.0 Å². The van der Waals surface area contributed by atoms with Gasteiger partial charge in [0.15, 0.2) is 11.7 Å². The fourth-order valence-corrected chi connectivity index (χ4v) is 2.95. The van der Waals surface area contributed by atoms with Gasteiger partial charge in [0.1, 0.15) is 5.82 Å². The number of aryl methyl sites for hydroxylation is 1. The van der Waals surface area contributed by atoms with Gasteiger partial charge in [-0.3, -0.25) is 9.59 Å². The van der Waals surface area contributed by atoms with Gasteiger partial charge in [0.25, 0.3) is 0 Å². The van der Waals surface area contributed by atoms with Crippen molar-refractivity contribution in [1.82, 2.24) is 9.88 Å². The van der Waals surface area contributed by atoms with E-state index < -0.39 is 11.9 Å². The number of amides is 1. The van der Waals surface area contributed by atoms with Gasteiger partial charge < -0.3 is 14.4 Å². The van der Waals surface area contributed by atoms with Crippen LogP contribution in [0.15, 0.2) is 34.9 Å². The van der Waals surface area contributed by atoms with Crippen molar-refractivity contribution in [1.29, 1.82) is 0 Å². The lowest BCUT2D eigenvalue weighted by molar-refractivity contribution is -0.145. The minimum absolute atomic E-state index is 0.0903. The third-order valence-electron chi connectivity index (χ3n) is 4.36. The number of oxazole rings is 1. The topological polar surface area (TPSA) is 83.6 Å². The van der Waals surface area contributed by atoms with Crippen LogP contribution < -0.4 is 0 Å². The van der Waals surface area contributed by atoms with E-state index in [9.17, 15) is 14.0 Å². The quantitative estimate of drug-likeness (QED) is 0.900.